The topological polar surface area (TPSA) is 69.6 Å². The van der Waals surface area contributed by atoms with Crippen molar-refractivity contribution in [1.82, 2.24) is 9.62 Å². The van der Waals surface area contributed by atoms with Gasteiger partial charge >= 0.3 is 0 Å². The van der Waals surface area contributed by atoms with Crippen molar-refractivity contribution in [1.29, 1.82) is 0 Å². The van der Waals surface area contributed by atoms with Crippen molar-refractivity contribution < 1.29 is 22.3 Å². The number of nitrogens with one attached hydrogen (secondary N) is 1. The lowest BCUT2D eigenvalue weighted by Crippen LogP contribution is -2.40. The Labute approximate surface area is 135 Å². The number of likely N-dealkylation sites (tertiary alicyclic amines) is 1. The molecule has 23 heavy (non-hydrogen) atoms. The molecule has 1 aromatic rings. The average molecular weight is 348 g/mol. The molecule has 0 aliphatic carbocycles. The van der Waals surface area contributed by atoms with Gasteiger partial charge in [0, 0.05) is 24.7 Å². The zero-order valence-corrected chi connectivity index (χ0v) is 14.0. The van der Waals surface area contributed by atoms with Crippen molar-refractivity contribution in [2.24, 2.45) is 0 Å². The monoisotopic (exact) mass is 348 g/mol. The molecule has 0 spiro atoms. The number of aliphatic hydroxyl groups is 1. The SMILES string of the molecule is CC(C)NS(=O)(=O)C1CCN(CC(O)c2cc(F)ccc2F)C1. The predicted octanol–water partition coefficient (Wildman–Crippen LogP) is 1.40. The molecule has 130 valence electrons. The van der Waals surface area contributed by atoms with Crippen LogP contribution < -0.4 is 4.72 Å². The normalized spacial score (nSPS) is 21.0. The number of benzene rings is 1. The Hall–Kier alpha value is -1.09. The number of hydrogen-bond donors (Lipinski definition) is 2. The van der Waals surface area contributed by atoms with Crippen molar-refractivity contribution >= 4 is 10.0 Å². The summed E-state index contributed by atoms with van der Waals surface area (Å²) >= 11 is 0. The summed E-state index contributed by atoms with van der Waals surface area (Å²) in [4.78, 5) is 1.75. The average Bonchev–Trinajstić information content (AvgIpc) is 2.89. The van der Waals surface area contributed by atoms with Crippen LogP contribution in [0.2, 0.25) is 0 Å². The molecule has 2 unspecified atom stereocenters. The van der Waals surface area contributed by atoms with E-state index in [0.29, 0.717) is 13.0 Å². The number of rotatable bonds is 6. The van der Waals surface area contributed by atoms with Crippen LogP contribution in [0, 0.1) is 11.6 Å². The minimum atomic E-state index is -3.41. The fourth-order valence-corrected chi connectivity index (χ4v) is 4.43. The van der Waals surface area contributed by atoms with Gasteiger partial charge in [0.15, 0.2) is 0 Å². The van der Waals surface area contributed by atoms with Crippen LogP contribution in [0.4, 0.5) is 8.78 Å². The third-order valence-corrected chi connectivity index (χ3v) is 5.88. The minimum Gasteiger partial charge on any atom is -0.387 e. The largest absolute Gasteiger partial charge is 0.387 e. The van der Waals surface area contributed by atoms with E-state index in [1.807, 2.05) is 0 Å². The molecule has 0 radical (unpaired) electrons. The first-order valence-corrected chi connectivity index (χ1v) is 9.10. The summed E-state index contributed by atoms with van der Waals surface area (Å²) in [6, 6.07) is 2.74. The maximum absolute atomic E-state index is 13.7. The van der Waals surface area contributed by atoms with Gasteiger partial charge < -0.3 is 5.11 Å². The van der Waals surface area contributed by atoms with Gasteiger partial charge in [0.2, 0.25) is 10.0 Å². The number of hydrogen-bond acceptors (Lipinski definition) is 4. The summed E-state index contributed by atoms with van der Waals surface area (Å²) < 4.78 is 53.7. The number of sulfonamides is 1. The van der Waals surface area contributed by atoms with Crippen LogP contribution in [-0.2, 0) is 10.0 Å². The fourth-order valence-electron chi connectivity index (χ4n) is 2.75. The Kier molecular flexibility index (Phi) is 5.72. The molecular formula is C15H22F2N2O3S. The second kappa shape index (κ2) is 7.21. The molecule has 1 aliphatic heterocycles. The molecule has 2 N–H and O–H groups in total. The summed E-state index contributed by atoms with van der Waals surface area (Å²) in [5.41, 5.74) is -0.114. The van der Waals surface area contributed by atoms with Gasteiger partial charge in [0.05, 0.1) is 11.4 Å². The number of β-amino-alcohol motifs (C(OH)–C–C–N with tert-alkyl or cyclic N) is 1. The molecule has 1 heterocycles. The zero-order valence-electron chi connectivity index (χ0n) is 13.2. The Morgan fingerprint density at radius 3 is 2.74 bits per heavy atom. The van der Waals surface area contributed by atoms with Crippen LogP contribution >= 0.6 is 0 Å². The highest BCUT2D eigenvalue weighted by Gasteiger charge is 2.34. The lowest BCUT2D eigenvalue weighted by atomic mass is 10.1. The lowest BCUT2D eigenvalue weighted by Gasteiger charge is -2.21. The molecule has 1 fully saturated rings. The fraction of sp³-hybridized carbons (Fsp3) is 0.600. The maximum Gasteiger partial charge on any atom is 0.216 e. The molecule has 1 aromatic carbocycles. The van der Waals surface area contributed by atoms with Gasteiger partial charge in [-0.2, -0.15) is 0 Å². The lowest BCUT2D eigenvalue weighted by molar-refractivity contribution is 0.122. The van der Waals surface area contributed by atoms with E-state index in [4.69, 9.17) is 0 Å². The van der Waals surface area contributed by atoms with Gasteiger partial charge in [-0.3, -0.25) is 4.90 Å². The zero-order chi connectivity index (χ0) is 17.2. The maximum atomic E-state index is 13.7. The molecule has 0 bridgehead atoms. The van der Waals surface area contributed by atoms with Crippen LogP contribution in [0.3, 0.4) is 0 Å². The van der Waals surface area contributed by atoms with Gasteiger partial charge in [-0.1, -0.05) is 0 Å². The van der Waals surface area contributed by atoms with E-state index in [2.05, 4.69) is 4.72 Å². The molecule has 1 saturated heterocycles. The molecule has 0 saturated carbocycles. The minimum absolute atomic E-state index is 0.0636. The quantitative estimate of drug-likeness (QED) is 0.815. The van der Waals surface area contributed by atoms with Crippen molar-refractivity contribution in [3.05, 3.63) is 35.4 Å². The third-order valence-electron chi connectivity index (χ3n) is 3.82. The van der Waals surface area contributed by atoms with E-state index in [1.165, 1.54) is 0 Å². The second-order valence-corrected chi connectivity index (χ2v) is 8.16. The summed E-state index contributed by atoms with van der Waals surface area (Å²) in [7, 11) is -3.41. The molecule has 1 aliphatic rings. The highest BCUT2D eigenvalue weighted by Crippen LogP contribution is 2.23. The highest BCUT2D eigenvalue weighted by molar-refractivity contribution is 7.90. The molecule has 0 amide bonds. The van der Waals surface area contributed by atoms with Gasteiger partial charge in [-0.25, -0.2) is 21.9 Å². The number of aliphatic hydroxyl groups excluding tert-OH is 1. The van der Waals surface area contributed by atoms with Crippen LogP contribution in [0.1, 0.15) is 31.9 Å². The summed E-state index contributed by atoms with van der Waals surface area (Å²) in [6.45, 7) is 4.31. The van der Waals surface area contributed by atoms with E-state index < -0.39 is 33.0 Å². The molecule has 2 rings (SSSR count). The van der Waals surface area contributed by atoms with E-state index in [-0.39, 0.29) is 24.7 Å². The van der Waals surface area contributed by atoms with Gasteiger partial charge in [-0.15, -0.1) is 0 Å². The Morgan fingerprint density at radius 2 is 2.09 bits per heavy atom. The van der Waals surface area contributed by atoms with Crippen LogP contribution in [0.25, 0.3) is 0 Å². The Balaban J connectivity index is 1.99. The first-order valence-electron chi connectivity index (χ1n) is 7.55. The summed E-state index contributed by atoms with van der Waals surface area (Å²) in [5.74, 6) is -1.30. The van der Waals surface area contributed by atoms with Gasteiger partial charge in [0.25, 0.3) is 0 Å². The van der Waals surface area contributed by atoms with Gasteiger partial charge in [-0.05, 0) is 45.0 Å². The van der Waals surface area contributed by atoms with E-state index in [0.717, 1.165) is 18.2 Å². The second-order valence-electron chi connectivity index (χ2n) is 6.17. The summed E-state index contributed by atoms with van der Waals surface area (Å²) in [5, 5.41) is 9.55. The van der Waals surface area contributed by atoms with Crippen molar-refractivity contribution in [3.8, 4) is 0 Å². The van der Waals surface area contributed by atoms with E-state index >= 15 is 0 Å². The summed E-state index contributed by atoms with van der Waals surface area (Å²) in [6.07, 6.45) is -0.759. The third kappa shape index (κ3) is 4.69. The first kappa shape index (κ1) is 18.3. The molecular weight excluding hydrogens is 326 g/mol. The predicted molar refractivity (Wildman–Crippen MR) is 83.4 cm³/mol. The number of halogens is 2. The molecule has 8 heteroatoms. The number of nitrogens with zero attached hydrogens (tertiary/aromatic N) is 1. The van der Waals surface area contributed by atoms with Crippen LogP contribution in [0.15, 0.2) is 18.2 Å². The standard InChI is InChI=1S/C15H22F2N2O3S/c1-10(2)18-23(21,22)12-5-6-19(8-12)9-15(20)13-7-11(16)3-4-14(13)17/h3-4,7,10,12,15,18,20H,5-6,8-9H2,1-2H3. The molecule has 0 aromatic heterocycles. The molecule has 2 atom stereocenters. The Morgan fingerprint density at radius 1 is 1.39 bits per heavy atom. The van der Waals surface area contributed by atoms with Crippen LogP contribution in [-0.4, -0.2) is 49.4 Å². The van der Waals surface area contributed by atoms with Crippen LogP contribution in [0.5, 0.6) is 0 Å². The van der Waals surface area contributed by atoms with E-state index in [9.17, 15) is 22.3 Å². The van der Waals surface area contributed by atoms with E-state index in [1.54, 1.807) is 18.7 Å². The van der Waals surface area contributed by atoms with Crippen molar-refractivity contribution in [2.45, 2.75) is 37.7 Å². The molecule has 5 nitrogen and oxygen atoms in total. The first-order chi connectivity index (χ1) is 10.7. The van der Waals surface area contributed by atoms with Gasteiger partial charge in [0.1, 0.15) is 11.6 Å². The van der Waals surface area contributed by atoms with Crippen molar-refractivity contribution in [3.63, 3.8) is 0 Å². The van der Waals surface area contributed by atoms with Crippen molar-refractivity contribution in [2.75, 3.05) is 19.6 Å². The Bertz CT molecular complexity index is 652. The highest BCUT2D eigenvalue weighted by atomic mass is 32.2. The smallest absolute Gasteiger partial charge is 0.216 e.